The van der Waals surface area contributed by atoms with Crippen LogP contribution in [0, 0.1) is 11.8 Å². The molecule has 3 rings (SSSR count). The van der Waals surface area contributed by atoms with Crippen molar-refractivity contribution in [3.8, 4) is 0 Å². The van der Waals surface area contributed by atoms with E-state index in [4.69, 9.17) is 10.5 Å². The molecule has 0 bridgehead atoms. The third kappa shape index (κ3) is 3.04. The molecule has 3 fully saturated rings. The van der Waals surface area contributed by atoms with Crippen LogP contribution in [-0.2, 0) is 14.6 Å². The van der Waals surface area contributed by atoms with Crippen molar-refractivity contribution in [2.24, 2.45) is 17.6 Å². The Morgan fingerprint density at radius 2 is 1.85 bits per heavy atom. The van der Waals surface area contributed by atoms with Gasteiger partial charge in [0.25, 0.3) is 0 Å². The van der Waals surface area contributed by atoms with Gasteiger partial charge in [-0.2, -0.15) is 0 Å². The van der Waals surface area contributed by atoms with E-state index in [1.807, 2.05) is 0 Å². The van der Waals surface area contributed by atoms with Crippen molar-refractivity contribution in [3.05, 3.63) is 0 Å². The van der Waals surface area contributed by atoms with Gasteiger partial charge in [-0.05, 0) is 43.9 Å². The number of hydrogen-bond acceptors (Lipinski definition) is 4. The third-order valence-corrected chi connectivity index (χ3v) is 7.45. The van der Waals surface area contributed by atoms with E-state index in [2.05, 4.69) is 0 Å². The number of rotatable bonds is 2. The summed E-state index contributed by atoms with van der Waals surface area (Å²) in [6, 6.07) is 0.0370. The molecule has 2 heterocycles. The molecule has 2 aliphatic heterocycles. The van der Waals surface area contributed by atoms with E-state index in [0.717, 1.165) is 25.9 Å². The summed E-state index contributed by atoms with van der Waals surface area (Å²) < 4.78 is 29.4. The van der Waals surface area contributed by atoms with Gasteiger partial charge in [-0.3, -0.25) is 0 Å². The van der Waals surface area contributed by atoms with Gasteiger partial charge in [-0.25, -0.2) is 8.42 Å². The van der Waals surface area contributed by atoms with Crippen molar-refractivity contribution in [3.63, 3.8) is 0 Å². The summed E-state index contributed by atoms with van der Waals surface area (Å²) in [5.74, 6) is 1.25. The monoisotopic (exact) mass is 301 g/mol. The van der Waals surface area contributed by atoms with Crippen LogP contribution in [0.5, 0.6) is 0 Å². The molecule has 3 aliphatic rings. The molecule has 2 saturated heterocycles. The van der Waals surface area contributed by atoms with E-state index in [9.17, 15) is 8.42 Å². The summed E-state index contributed by atoms with van der Waals surface area (Å²) >= 11 is 0. The van der Waals surface area contributed by atoms with E-state index < -0.39 is 9.84 Å². The van der Waals surface area contributed by atoms with Gasteiger partial charge in [0.05, 0.1) is 17.1 Å². The molecular formula is C15H27NO3S. The number of ether oxygens (including phenoxy) is 1. The maximum atomic E-state index is 11.6. The van der Waals surface area contributed by atoms with Crippen molar-refractivity contribution in [2.45, 2.75) is 63.0 Å². The molecule has 116 valence electrons. The van der Waals surface area contributed by atoms with Crippen LogP contribution in [0.15, 0.2) is 0 Å². The Bertz CT molecular complexity index is 437. The number of nitrogens with two attached hydrogens (primary N) is 1. The molecule has 1 aliphatic carbocycles. The first-order valence-electron chi connectivity index (χ1n) is 8.10. The molecule has 0 radical (unpaired) electrons. The highest BCUT2D eigenvalue weighted by molar-refractivity contribution is 7.91. The van der Waals surface area contributed by atoms with E-state index in [1.54, 1.807) is 0 Å². The maximum Gasteiger partial charge on any atom is 0.150 e. The molecule has 4 nitrogen and oxygen atoms in total. The van der Waals surface area contributed by atoms with Crippen LogP contribution in [0.2, 0.25) is 0 Å². The van der Waals surface area contributed by atoms with Gasteiger partial charge in [-0.15, -0.1) is 0 Å². The first-order valence-corrected chi connectivity index (χ1v) is 9.92. The van der Waals surface area contributed by atoms with Crippen molar-refractivity contribution in [2.75, 3.05) is 18.1 Å². The van der Waals surface area contributed by atoms with Crippen LogP contribution >= 0.6 is 0 Å². The average molecular weight is 301 g/mol. The molecule has 20 heavy (non-hydrogen) atoms. The van der Waals surface area contributed by atoms with Gasteiger partial charge < -0.3 is 10.5 Å². The predicted molar refractivity (Wildman–Crippen MR) is 79.2 cm³/mol. The summed E-state index contributed by atoms with van der Waals surface area (Å²) in [5.41, 5.74) is 6.51. The molecule has 1 saturated carbocycles. The normalized spacial score (nSPS) is 37.9. The zero-order valence-electron chi connectivity index (χ0n) is 12.2. The molecule has 0 amide bonds. The average Bonchev–Trinajstić information content (AvgIpc) is 2.79. The van der Waals surface area contributed by atoms with E-state index in [-0.39, 0.29) is 17.6 Å². The summed E-state index contributed by atoms with van der Waals surface area (Å²) in [7, 11) is -2.82. The van der Waals surface area contributed by atoms with E-state index >= 15 is 0 Å². The lowest BCUT2D eigenvalue weighted by Gasteiger charge is -2.45. The number of sulfone groups is 1. The van der Waals surface area contributed by atoms with E-state index in [0.29, 0.717) is 17.4 Å². The highest BCUT2D eigenvalue weighted by atomic mass is 32.2. The van der Waals surface area contributed by atoms with Crippen LogP contribution in [-0.4, -0.2) is 38.2 Å². The van der Waals surface area contributed by atoms with Gasteiger partial charge in [0.15, 0.2) is 9.84 Å². The summed E-state index contributed by atoms with van der Waals surface area (Å²) in [4.78, 5) is 0. The Morgan fingerprint density at radius 3 is 2.50 bits per heavy atom. The SMILES string of the molecule is NC(C1CCOC2(CCCCC2)C1)C1CCS(=O)(=O)C1. The maximum absolute atomic E-state index is 11.6. The van der Waals surface area contributed by atoms with Crippen LogP contribution in [0.4, 0.5) is 0 Å². The Hall–Kier alpha value is -0.130. The second-order valence-electron chi connectivity index (χ2n) is 7.09. The van der Waals surface area contributed by atoms with Gasteiger partial charge in [-0.1, -0.05) is 19.3 Å². The molecule has 0 aromatic carbocycles. The first kappa shape index (κ1) is 14.8. The Balaban J connectivity index is 1.64. The largest absolute Gasteiger partial charge is 0.375 e. The quantitative estimate of drug-likeness (QED) is 0.845. The Morgan fingerprint density at radius 1 is 1.10 bits per heavy atom. The molecule has 0 aromatic heterocycles. The molecule has 5 heteroatoms. The zero-order chi connectivity index (χ0) is 14.2. The topological polar surface area (TPSA) is 69.4 Å². The number of hydrogen-bond donors (Lipinski definition) is 1. The molecule has 0 aromatic rings. The summed E-state index contributed by atoms with van der Waals surface area (Å²) in [6.07, 6.45) is 8.98. The lowest BCUT2D eigenvalue weighted by atomic mass is 9.72. The molecule has 3 atom stereocenters. The molecular weight excluding hydrogens is 274 g/mol. The fourth-order valence-corrected chi connectivity index (χ4v) is 6.32. The van der Waals surface area contributed by atoms with Crippen molar-refractivity contribution >= 4 is 9.84 Å². The second kappa shape index (κ2) is 5.58. The summed E-state index contributed by atoms with van der Waals surface area (Å²) in [5, 5.41) is 0. The molecule has 2 N–H and O–H groups in total. The van der Waals surface area contributed by atoms with Gasteiger partial charge >= 0.3 is 0 Å². The minimum absolute atomic E-state index is 0.0370. The lowest BCUT2D eigenvalue weighted by molar-refractivity contribution is -0.122. The van der Waals surface area contributed by atoms with Crippen LogP contribution in [0.3, 0.4) is 0 Å². The first-order chi connectivity index (χ1) is 9.50. The molecule has 1 spiro atoms. The van der Waals surface area contributed by atoms with Crippen LogP contribution < -0.4 is 5.73 Å². The predicted octanol–water partition coefficient (Wildman–Crippen LogP) is 1.88. The van der Waals surface area contributed by atoms with Crippen LogP contribution in [0.1, 0.15) is 51.4 Å². The van der Waals surface area contributed by atoms with Crippen molar-refractivity contribution in [1.29, 1.82) is 0 Å². The van der Waals surface area contributed by atoms with Crippen molar-refractivity contribution in [1.82, 2.24) is 0 Å². The lowest BCUT2D eigenvalue weighted by Crippen LogP contribution is -2.48. The van der Waals surface area contributed by atoms with Crippen molar-refractivity contribution < 1.29 is 13.2 Å². The Labute approximate surface area is 122 Å². The third-order valence-electron chi connectivity index (χ3n) is 5.65. The fraction of sp³-hybridized carbons (Fsp3) is 1.00. The van der Waals surface area contributed by atoms with Gasteiger partial charge in [0.2, 0.25) is 0 Å². The highest BCUT2D eigenvalue weighted by Gasteiger charge is 2.43. The molecule has 3 unspecified atom stereocenters. The Kier molecular flexibility index (Phi) is 4.13. The zero-order valence-corrected chi connectivity index (χ0v) is 13.0. The van der Waals surface area contributed by atoms with Gasteiger partial charge in [0.1, 0.15) is 0 Å². The smallest absolute Gasteiger partial charge is 0.150 e. The minimum Gasteiger partial charge on any atom is -0.375 e. The van der Waals surface area contributed by atoms with Gasteiger partial charge in [0, 0.05) is 12.6 Å². The minimum atomic E-state index is -2.82. The summed E-state index contributed by atoms with van der Waals surface area (Å²) in [6.45, 7) is 0.803. The fourth-order valence-electron chi connectivity index (χ4n) is 4.45. The van der Waals surface area contributed by atoms with E-state index in [1.165, 1.54) is 32.1 Å². The standard InChI is InChI=1S/C15H27NO3S/c16-14(13-5-9-20(17,18)11-13)12-4-8-19-15(10-12)6-2-1-3-7-15/h12-14H,1-11,16H2. The van der Waals surface area contributed by atoms with Crippen LogP contribution in [0.25, 0.3) is 0 Å². The second-order valence-corrected chi connectivity index (χ2v) is 9.31. The highest BCUT2D eigenvalue weighted by Crippen LogP contribution is 2.42.